The third kappa shape index (κ3) is 3.14. The van der Waals surface area contributed by atoms with Gasteiger partial charge in [-0.1, -0.05) is 0 Å². The van der Waals surface area contributed by atoms with E-state index in [9.17, 15) is 19.2 Å². The summed E-state index contributed by atoms with van der Waals surface area (Å²) in [6, 6.07) is 6.70. The molecule has 9 heteroatoms. The van der Waals surface area contributed by atoms with Gasteiger partial charge >= 0.3 is 5.69 Å². The van der Waals surface area contributed by atoms with Crippen molar-refractivity contribution in [3.8, 4) is 11.8 Å². The molecule has 0 bridgehead atoms. The first-order valence-corrected chi connectivity index (χ1v) is 8.42. The van der Waals surface area contributed by atoms with Gasteiger partial charge in [0.2, 0.25) is 0 Å². The van der Waals surface area contributed by atoms with E-state index in [0.717, 1.165) is 10.3 Å². The van der Waals surface area contributed by atoms with Gasteiger partial charge in [0.15, 0.2) is 17.1 Å². The molecule has 3 rings (SSSR count). The molecule has 8 nitrogen and oxygen atoms in total. The van der Waals surface area contributed by atoms with E-state index >= 15 is 0 Å². The van der Waals surface area contributed by atoms with Crippen LogP contribution >= 0.6 is 0 Å². The monoisotopic (exact) mass is 373 g/mol. The number of hydrogen-bond acceptors (Lipinski definition) is 6. The van der Waals surface area contributed by atoms with E-state index in [2.05, 4.69) is 0 Å². The highest BCUT2D eigenvalue weighted by Crippen LogP contribution is 2.25. The van der Waals surface area contributed by atoms with Crippen molar-refractivity contribution in [1.82, 2.24) is 9.13 Å². The first kappa shape index (κ1) is 18.5. The van der Waals surface area contributed by atoms with Crippen molar-refractivity contribution in [2.45, 2.75) is 0 Å². The molecule has 0 aliphatic carbocycles. The zero-order valence-electron chi connectivity index (χ0n) is 15.4. The van der Waals surface area contributed by atoms with E-state index in [0.29, 0.717) is 32.0 Å². The van der Waals surface area contributed by atoms with Crippen molar-refractivity contribution in [3.63, 3.8) is 0 Å². The minimum Gasteiger partial charge on any atom is -0.494 e. The summed E-state index contributed by atoms with van der Waals surface area (Å²) < 4.78 is 21.1. The zero-order chi connectivity index (χ0) is 19.7. The molecule has 0 atom stereocenters. The molecule has 27 heavy (non-hydrogen) atoms. The summed E-state index contributed by atoms with van der Waals surface area (Å²) in [5.74, 6) is 0.0792. The second-order valence-electron chi connectivity index (χ2n) is 6.31. The molecule has 0 spiro atoms. The largest absolute Gasteiger partial charge is 0.494 e. The van der Waals surface area contributed by atoms with Crippen molar-refractivity contribution >= 4 is 11.5 Å². The number of piperazine rings is 1. The Hall–Kier alpha value is -3.28. The topological polar surface area (TPSA) is 83.5 Å². The fraction of sp³-hybridized carbons (Fsp3) is 0.389. The van der Waals surface area contributed by atoms with Gasteiger partial charge in [0, 0.05) is 52.0 Å². The molecule has 142 valence electrons. The molecule has 1 aromatic heterocycles. The number of hydrogen-bond donors (Lipinski definition) is 0. The predicted octanol–water partition coefficient (Wildman–Crippen LogP) is 0.430. The number of halogens is 1. The second-order valence-corrected chi connectivity index (χ2v) is 6.31. The lowest BCUT2D eigenvalue weighted by Gasteiger charge is -2.38. The molecular weight excluding hydrogens is 353 g/mol. The van der Waals surface area contributed by atoms with Crippen LogP contribution in [0.2, 0.25) is 0 Å². The summed E-state index contributed by atoms with van der Waals surface area (Å²) >= 11 is 0. The van der Waals surface area contributed by atoms with Gasteiger partial charge in [-0.05, 0) is 12.1 Å². The summed E-state index contributed by atoms with van der Waals surface area (Å²) in [6.07, 6.45) is 0. The fourth-order valence-electron chi connectivity index (χ4n) is 3.33. The Balaban J connectivity index is 1.87. The maximum atomic E-state index is 14.0. The van der Waals surface area contributed by atoms with Crippen molar-refractivity contribution in [2.24, 2.45) is 14.1 Å². The molecule has 1 aliphatic heterocycles. The zero-order valence-corrected chi connectivity index (χ0v) is 15.4. The Labute approximate surface area is 155 Å². The Morgan fingerprint density at radius 1 is 1.07 bits per heavy atom. The highest BCUT2D eigenvalue weighted by atomic mass is 19.1. The molecule has 1 aromatic carbocycles. The van der Waals surface area contributed by atoms with Crippen molar-refractivity contribution in [1.29, 1.82) is 5.26 Å². The lowest BCUT2D eigenvalue weighted by molar-refractivity contribution is 0.386. The summed E-state index contributed by atoms with van der Waals surface area (Å²) in [7, 11) is 4.31. The van der Waals surface area contributed by atoms with Crippen LogP contribution in [0.1, 0.15) is 5.56 Å². The minimum absolute atomic E-state index is 0.0523. The Morgan fingerprint density at radius 3 is 2.26 bits per heavy atom. The summed E-state index contributed by atoms with van der Waals surface area (Å²) in [4.78, 5) is 28.3. The van der Waals surface area contributed by atoms with Crippen LogP contribution in [0.3, 0.4) is 0 Å². The molecule has 0 amide bonds. The fourth-order valence-corrected chi connectivity index (χ4v) is 3.33. The molecule has 0 unspecified atom stereocenters. The van der Waals surface area contributed by atoms with Gasteiger partial charge in [0.05, 0.1) is 7.11 Å². The van der Waals surface area contributed by atoms with Gasteiger partial charge in [-0.2, -0.15) is 5.26 Å². The highest BCUT2D eigenvalue weighted by Gasteiger charge is 2.25. The van der Waals surface area contributed by atoms with E-state index in [1.807, 2.05) is 15.9 Å². The number of anilines is 2. The van der Waals surface area contributed by atoms with Crippen LogP contribution in [0.25, 0.3) is 0 Å². The van der Waals surface area contributed by atoms with Crippen molar-refractivity contribution in [2.75, 3.05) is 43.1 Å². The van der Waals surface area contributed by atoms with E-state index < -0.39 is 17.1 Å². The number of nitrogens with zero attached hydrogens (tertiary/aromatic N) is 5. The molecule has 0 radical (unpaired) electrons. The maximum Gasteiger partial charge on any atom is 0.332 e. The van der Waals surface area contributed by atoms with Crippen LogP contribution in [0.15, 0.2) is 27.8 Å². The Morgan fingerprint density at radius 2 is 1.70 bits per heavy atom. The highest BCUT2D eigenvalue weighted by molar-refractivity contribution is 5.56. The third-order valence-electron chi connectivity index (χ3n) is 4.83. The van der Waals surface area contributed by atoms with Gasteiger partial charge in [-0.15, -0.1) is 0 Å². The number of aromatic nitrogens is 2. The predicted molar refractivity (Wildman–Crippen MR) is 99.0 cm³/mol. The third-order valence-corrected chi connectivity index (χ3v) is 4.83. The number of rotatable bonds is 3. The van der Waals surface area contributed by atoms with Crippen LogP contribution in [-0.2, 0) is 14.1 Å². The van der Waals surface area contributed by atoms with Gasteiger partial charge < -0.3 is 14.5 Å². The molecule has 0 N–H and O–H groups in total. The lowest BCUT2D eigenvalue weighted by atomic mass is 10.2. The molecule has 1 saturated heterocycles. The van der Waals surface area contributed by atoms with Crippen LogP contribution in [-0.4, -0.2) is 42.4 Å². The second kappa shape index (κ2) is 7.15. The van der Waals surface area contributed by atoms with Crippen molar-refractivity contribution in [3.05, 3.63) is 50.4 Å². The quantitative estimate of drug-likeness (QED) is 0.776. The number of nitriles is 1. The SMILES string of the molecule is COc1ccc(N2CCN(c3c(C#N)c(=O)n(C)c(=O)n3C)CC2)cc1F. The average Bonchev–Trinajstić information content (AvgIpc) is 2.69. The standard InChI is InChI=1S/C18H20FN5O3/c1-21-16(13(11-20)17(25)22(2)18(21)26)24-8-6-23(7-9-24)12-4-5-15(27-3)14(19)10-12/h4-5,10H,6-9H2,1-3H3. The Bertz CT molecular complexity index is 1030. The maximum absolute atomic E-state index is 14.0. The number of methoxy groups -OCH3 is 1. The van der Waals surface area contributed by atoms with Crippen LogP contribution in [0, 0.1) is 17.1 Å². The van der Waals surface area contributed by atoms with Gasteiger partial charge in [-0.25, -0.2) is 9.18 Å². The van der Waals surface area contributed by atoms with E-state index in [4.69, 9.17) is 4.74 Å². The summed E-state index contributed by atoms with van der Waals surface area (Å²) in [5.41, 5.74) is -0.404. The van der Waals surface area contributed by atoms with E-state index in [1.54, 1.807) is 19.2 Å². The lowest BCUT2D eigenvalue weighted by Crippen LogP contribution is -2.50. The summed E-state index contributed by atoms with van der Waals surface area (Å²) in [6.45, 7) is 2.09. The normalized spacial score (nSPS) is 14.2. The number of benzene rings is 1. The van der Waals surface area contributed by atoms with E-state index in [1.165, 1.54) is 24.8 Å². The average molecular weight is 373 g/mol. The molecule has 1 fully saturated rings. The first-order valence-electron chi connectivity index (χ1n) is 8.42. The van der Waals surface area contributed by atoms with Crippen LogP contribution < -0.4 is 25.8 Å². The molecule has 1 aliphatic rings. The van der Waals surface area contributed by atoms with Crippen LogP contribution in [0.4, 0.5) is 15.9 Å². The minimum atomic E-state index is -0.602. The smallest absolute Gasteiger partial charge is 0.332 e. The van der Waals surface area contributed by atoms with E-state index in [-0.39, 0.29) is 11.3 Å². The van der Waals surface area contributed by atoms with Crippen LogP contribution in [0.5, 0.6) is 5.75 Å². The van der Waals surface area contributed by atoms with Gasteiger partial charge in [0.25, 0.3) is 5.56 Å². The summed E-state index contributed by atoms with van der Waals surface area (Å²) in [5, 5.41) is 9.41. The van der Waals surface area contributed by atoms with Gasteiger partial charge in [0.1, 0.15) is 11.9 Å². The first-order chi connectivity index (χ1) is 12.9. The van der Waals surface area contributed by atoms with Gasteiger partial charge in [-0.3, -0.25) is 13.9 Å². The molecular formula is C18H20FN5O3. The molecule has 2 heterocycles. The Kier molecular flexibility index (Phi) is 4.90. The molecule has 2 aromatic rings. The number of ether oxygens (including phenoxy) is 1. The van der Waals surface area contributed by atoms with Crippen molar-refractivity contribution < 1.29 is 9.13 Å². The molecule has 0 saturated carbocycles.